The molecule has 0 aromatic heterocycles. The van der Waals surface area contributed by atoms with E-state index in [2.05, 4.69) is 15.3 Å². The Morgan fingerprint density at radius 2 is 2.43 bits per heavy atom. The first-order valence-corrected chi connectivity index (χ1v) is 4.47. The van der Waals surface area contributed by atoms with Crippen molar-refractivity contribution in [2.45, 2.75) is 0 Å². The van der Waals surface area contributed by atoms with Gasteiger partial charge in [0.05, 0.1) is 6.67 Å². The molecular weight excluding hydrogens is 223 g/mol. The summed E-state index contributed by atoms with van der Waals surface area (Å²) < 4.78 is 19.8. The Bertz CT molecular complexity index is 217. The van der Waals surface area contributed by atoms with Gasteiger partial charge in [-0.1, -0.05) is 0 Å². The third-order valence-electron chi connectivity index (χ3n) is 1.20. The molecule has 1 aliphatic rings. The van der Waals surface area contributed by atoms with Gasteiger partial charge in [0.15, 0.2) is 0 Å². The summed E-state index contributed by atoms with van der Waals surface area (Å²) >= 11 is -2.06. The normalized spacial score (nSPS) is 18.6. The number of carbonyl (C=O) groups excluding carboxylic acids is 1. The van der Waals surface area contributed by atoms with Gasteiger partial charge in [0.1, 0.15) is 0 Å². The number of rotatable bonds is 4. The Hall–Kier alpha value is 0.260. The first kappa shape index (κ1) is 14.3. The third-order valence-corrected chi connectivity index (χ3v) is 1.75. The van der Waals surface area contributed by atoms with Crippen LogP contribution in [0.1, 0.15) is 1.43 Å². The molecule has 1 fully saturated rings. The molecule has 78 valence electrons. The molecule has 10 heteroatoms. The number of amides is 2. The largest absolute Gasteiger partial charge is 1.00 e. The maximum absolute atomic E-state index is 10.8. The zero-order valence-corrected chi connectivity index (χ0v) is 10.5. The van der Waals surface area contributed by atoms with Gasteiger partial charge in [-0.15, -0.1) is 4.28 Å². The van der Waals surface area contributed by atoms with Crippen LogP contribution in [0.3, 0.4) is 0 Å². The Morgan fingerprint density at radius 3 is 2.93 bits per heavy atom. The minimum Gasteiger partial charge on any atom is -1.00 e. The fourth-order valence-corrected chi connectivity index (χ4v) is 1.21. The summed E-state index contributed by atoms with van der Waals surface area (Å²) in [6, 6.07) is -0.934. The summed E-state index contributed by atoms with van der Waals surface area (Å²) in [5.74, 6) is 0. The van der Waals surface area contributed by atoms with Gasteiger partial charge >= 0.3 is 46.9 Å². The van der Waals surface area contributed by atoms with Gasteiger partial charge in [-0.25, -0.2) is 4.79 Å². The third kappa shape index (κ3) is 5.88. The molecule has 4 N–H and O–H groups in total. The van der Waals surface area contributed by atoms with Crippen molar-refractivity contribution < 1.29 is 48.6 Å². The van der Waals surface area contributed by atoms with Crippen molar-refractivity contribution in [3.8, 4) is 0 Å². The molecule has 1 unspecified atom stereocenters. The second-order valence-electron chi connectivity index (χ2n) is 2.19. The van der Waals surface area contributed by atoms with Crippen LogP contribution in [-0.4, -0.2) is 35.1 Å². The van der Waals surface area contributed by atoms with Crippen LogP contribution in [0.15, 0.2) is 0 Å². The van der Waals surface area contributed by atoms with Gasteiger partial charge in [-0.3, -0.25) is 0 Å². The maximum Gasteiger partial charge on any atom is 1.00 e. The molecule has 2 amide bonds. The standard InChI is InChI=1S/C4H10N4O4S.Na.H/c5-4(9)7-11-13(10)12-8-2-1-6-3-8;;/h6H,1-3H2,(H3,5,7,9);;/q;+1;-1. The summed E-state index contributed by atoms with van der Waals surface area (Å²) in [5, 5.41) is 4.34. The molecule has 1 saturated heterocycles. The van der Waals surface area contributed by atoms with E-state index < -0.39 is 17.4 Å². The van der Waals surface area contributed by atoms with Gasteiger partial charge in [0, 0.05) is 13.1 Å². The minimum atomic E-state index is -2.06. The molecular formula is C4H11N4NaO4S. The van der Waals surface area contributed by atoms with E-state index in [4.69, 9.17) is 4.28 Å². The number of carbonyl (C=O) groups is 1. The molecule has 8 nitrogen and oxygen atoms in total. The quantitative estimate of drug-likeness (QED) is 0.332. The molecule has 0 spiro atoms. The van der Waals surface area contributed by atoms with E-state index in [9.17, 15) is 9.00 Å². The molecule has 1 atom stereocenters. The Morgan fingerprint density at radius 1 is 1.71 bits per heavy atom. The van der Waals surface area contributed by atoms with Crippen molar-refractivity contribution in [1.29, 1.82) is 0 Å². The van der Waals surface area contributed by atoms with Gasteiger partial charge < -0.3 is 12.5 Å². The molecule has 14 heavy (non-hydrogen) atoms. The average molecular weight is 234 g/mol. The van der Waals surface area contributed by atoms with Crippen LogP contribution in [-0.2, 0) is 19.9 Å². The molecule has 1 aliphatic heterocycles. The predicted octanol–water partition coefficient (Wildman–Crippen LogP) is -4.92. The summed E-state index contributed by atoms with van der Waals surface area (Å²) in [4.78, 5) is 10.1. The molecule has 1 rings (SSSR count). The number of urea groups is 1. The second-order valence-corrected chi connectivity index (χ2v) is 2.92. The SMILES string of the molecule is NC(=O)NOS(=O)ON1CCNC1.[H-].[Na+]. The number of nitrogens with zero attached hydrogens (tertiary/aromatic N) is 1. The van der Waals surface area contributed by atoms with Gasteiger partial charge in [0.2, 0.25) is 0 Å². The molecule has 0 aromatic rings. The zero-order valence-electron chi connectivity index (χ0n) is 8.69. The molecule has 0 aliphatic carbocycles. The van der Waals surface area contributed by atoms with Gasteiger partial charge in [0.25, 0.3) is 0 Å². The Kier molecular flexibility index (Phi) is 7.68. The smallest absolute Gasteiger partial charge is 1.00 e. The van der Waals surface area contributed by atoms with Crippen molar-refractivity contribution in [3.63, 3.8) is 0 Å². The summed E-state index contributed by atoms with van der Waals surface area (Å²) in [5.41, 5.74) is 6.34. The molecule has 1 heterocycles. The van der Waals surface area contributed by atoms with Crippen LogP contribution in [0.2, 0.25) is 0 Å². The second kappa shape index (κ2) is 7.54. The Labute approximate surface area is 107 Å². The van der Waals surface area contributed by atoms with Gasteiger partial charge in [-0.2, -0.15) is 19.0 Å². The molecule has 0 saturated carbocycles. The topological polar surface area (TPSA) is 106 Å². The molecule has 0 radical (unpaired) electrons. The fraction of sp³-hybridized carbons (Fsp3) is 0.750. The first-order valence-electron chi connectivity index (χ1n) is 3.47. The summed E-state index contributed by atoms with van der Waals surface area (Å²) in [6.45, 7) is 1.82. The van der Waals surface area contributed by atoms with Crippen molar-refractivity contribution >= 4 is 17.4 Å². The van der Waals surface area contributed by atoms with Crippen LogP contribution in [0.5, 0.6) is 0 Å². The number of hydrogen-bond donors (Lipinski definition) is 3. The summed E-state index contributed by atoms with van der Waals surface area (Å²) in [7, 11) is 0. The maximum atomic E-state index is 10.8. The van der Waals surface area contributed by atoms with E-state index in [1.807, 2.05) is 0 Å². The van der Waals surface area contributed by atoms with Crippen molar-refractivity contribution in [3.05, 3.63) is 0 Å². The Balaban J connectivity index is 0. The van der Waals surface area contributed by atoms with Crippen LogP contribution in [0.25, 0.3) is 0 Å². The minimum absolute atomic E-state index is 0. The van der Waals surface area contributed by atoms with E-state index in [-0.39, 0.29) is 31.0 Å². The molecule has 0 aromatic carbocycles. The van der Waals surface area contributed by atoms with E-state index >= 15 is 0 Å². The van der Waals surface area contributed by atoms with Crippen LogP contribution < -0.4 is 46.1 Å². The number of primary amides is 1. The fourth-order valence-electron chi connectivity index (χ4n) is 0.727. The zero-order chi connectivity index (χ0) is 9.68. The monoisotopic (exact) mass is 234 g/mol. The van der Waals surface area contributed by atoms with E-state index in [1.54, 1.807) is 5.48 Å². The molecule has 0 bridgehead atoms. The van der Waals surface area contributed by atoms with E-state index in [0.29, 0.717) is 13.2 Å². The summed E-state index contributed by atoms with van der Waals surface area (Å²) in [6.07, 6.45) is 0. The van der Waals surface area contributed by atoms with E-state index in [0.717, 1.165) is 6.54 Å². The van der Waals surface area contributed by atoms with Crippen LogP contribution >= 0.6 is 0 Å². The van der Waals surface area contributed by atoms with E-state index in [1.165, 1.54) is 5.06 Å². The van der Waals surface area contributed by atoms with Gasteiger partial charge in [-0.05, 0) is 0 Å². The van der Waals surface area contributed by atoms with Crippen molar-refractivity contribution in [1.82, 2.24) is 15.9 Å². The number of nitrogens with two attached hydrogens (primary N) is 1. The first-order chi connectivity index (χ1) is 6.18. The number of hydrogen-bond acceptors (Lipinski definition) is 6. The van der Waals surface area contributed by atoms with Crippen LogP contribution in [0.4, 0.5) is 4.79 Å². The number of nitrogens with one attached hydrogen (secondary N) is 2. The predicted molar refractivity (Wildman–Crippen MR) is 43.7 cm³/mol. The van der Waals surface area contributed by atoms with Crippen molar-refractivity contribution in [2.75, 3.05) is 19.8 Å². The van der Waals surface area contributed by atoms with Crippen LogP contribution in [0, 0.1) is 0 Å². The van der Waals surface area contributed by atoms with Crippen molar-refractivity contribution in [2.24, 2.45) is 5.73 Å². The average Bonchev–Trinajstić information content (AvgIpc) is 2.53. The number of hydroxylamine groups is 3.